The van der Waals surface area contributed by atoms with Gasteiger partial charge in [0.15, 0.2) is 0 Å². The number of anilines is 1. The van der Waals surface area contributed by atoms with E-state index in [0.717, 1.165) is 12.2 Å². The number of hydrogen-bond acceptors (Lipinski definition) is 2. The minimum absolute atomic E-state index is 0.146. The van der Waals surface area contributed by atoms with Crippen molar-refractivity contribution >= 4 is 5.69 Å². The van der Waals surface area contributed by atoms with Crippen LogP contribution in [-0.4, -0.2) is 13.6 Å². The molecule has 2 aromatic carbocycles. The molecule has 0 aliphatic carbocycles. The van der Waals surface area contributed by atoms with Crippen LogP contribution in [0.3, 0.4) is 0 Å². The van der Waals surface area contributed by atoms with Crippen molar-refractivity contribution in [1.82, 2.24) is 0 Å². The van der Waals surface area contributed by atoms with E-state index in [1.54, 1.807) is 12.1 Å². The molecule has 0 spiro atoms. The highest BCUT2D eigenvalue weighted by atomic mass is 19.1. The van der Waals surface area contributed by atoms with Crippen molar-refractivity contribution in [3.8, 4) is 0 Å². The van der Waals surface area contributed by atoms with Crippen LogP contribution in [0.5, 0.6) is 0 Å². The van der Waals surface area contributed by atoms with Gasteiger partial charge in [-0.25, -0.2) is 4.39 Å². The van der Waals surface area contributed by atoms with Crippen LogP contribution in [0, 0.1) is 18.7 Å². The first kappa shape index (κ1) is 15.5. The van der Waals surface area contributed by atoms with Crippen LogP contribution >= 0.6 is 0 Å². The summed E-state index contributed by atoms with van der Waals surface area (Å²) in [4.78, 5) is 2.17. The fraction of sp³-hybridized carbons (Fsp3) is 0.333. The van der Waals surface area contributed by atoms with Gasteiger partial charge in [-0.1, -0.05) is 37.3 Å². The zero-order valence-electron chi connectivity index (χ0n) is 12.9. The average molecular weight is 286 g/mol. The molecule has 0 fully saturated rings. The molecule has 2 aromatic rings. The molecule has 2 nitrogen and oxygen atoms in total. The summed E-state index contributed by atoms with van der Waals surface area (Å²) in [5, 5.41) is 0. The summed E-state index contributed by atoms with van der Waals surface area (Å²) in [5.74, 6) is -0.0810. The van der Waals surface area contributed by atoms with Gasteiger partial charge >= 0.3 is 0 Å². The van der Waals surface area contributed by atoms with E-state index in [1.165, 1.54) is 11.6 Å². The predicted octanol–water partition coefficient (Wildman–Crippen LogP) is 3.91. The van der Waals surface area contributed by atoms with E-state index >= 15 is 0 Å². The molecule has 2 N–H and O–H groups in total. The molecule has 2 unspecified atom stereocenters. The molecule has 0 aromatic heterocycles. The molecule has 0 saturated carbocycles. The minimum atomic E-state index is -0.307. The lowest BCUT2D eigenvalue weighted by Crippen LogP contribution is -2.31. The first-order valence-electron chi connectivity index (χ1n) is 7.27. The van der Waals surface area contributed by atoms with E-state index in [2.05, 4.69) is 36.9 Å². The quantitative estimate of drug-likeness (QED) is 0.903. The van der Waals surface area contributed by atoms with Crippen molar-refractivity contribution in [2.75, 3.05) is 18.5 Å². The summed E-state index contributed by atoms with van der Waals surface area (Å²) in [6.45, 7) is 4.91. The molecule has 0 heterocycles. The lowest BCUT2D eigenvalue weighted by Gasteiger charge is -2.28. The van der Waals surface area contributed by atoms with Gasteiger partial charge in [0, 0.05) is 30.9 Å². The number of nitrogens with zero attached hydrogens (tertiary/aromatic N) is 1. The van der Waals surface area contributed by atoms with Crippen LogP contribution < -0.4 is 10.6 Å². The van der Waals surface area contributed by atoms with E-state index in [-0.39, 0.29) is 17.8 Å². The Bertz CT molecular complexity index is 597. The maximum atomic E-state index is 13.8. The van der Waals surface area contributed by atoms with Gasteiger partial charge in [-0.3, -0.25) is 0 Å². The first-order chi connectivity index (χ1) is 9.99. The van der Waals surface area contributed by atoms with Gasteiger partial charge in [0.2, 0.25) is 0 Å². The number of benzene rings is 2. The first-order valence-corrected chi connectivity index (χ1v) is 7.27. The van der Waals surface area contributed by atoms with E-state index in [4.69, 9.17) is 5.73 Å². The van der Waals surface area contributed by atoms with Crippen LogP contribution in [-0.2, 0) is 0 Å². The molecule has 0 aliphatic heterocycles. The lowest BCUT2D eigenvalue weighted by molar-refractivity contribution is 0.453. The zero-order chi connectivity index (χ0) is 15.4. The molecule has 0 bridgehead atoms. The SMILES string of the molecule is Cc1cccc(N(C)CC(C)C(N)c2ccccc2F)c1. The van der Waals surface area contributed by atoms with Crippen molar-refractivity contribution in [3.05, 3.63) is 65.5 Å². The zero-order valence-corrected chi connectivity index (χ0v) is 12.9. The summed E-state index contributed by atoms with van der Waals surface area (Å²) in [6.07, 6.45) is 0. The Morgan fingerprint density at radius 3 is 2.52 bits per heavy atom. The number of hydrogen-bond donors (Lipinski definition) is 1. The van der Waals surface area contributed by atoms with Crippen molar-refractivity contribution in [3.63, 3.8) is 0 Å². The van der Waals surface area contributed by atoms with Crippen molar-refractivity contribution in [2.24, 2.45) is 11.7 Å². The Balaban J connectivity index is 2.07. The van der Waals surface area contributed by atoms with Gasteiger partial charge in [0.05, 0.1) is 0 Å². The summed E-state index contributed by atoms with van der Waals surface area (Å²) < 4.78 is 13.8. The van der Waals surface area contributed by atoms with E-state index in [0.29, 0.717) is 5.56 Å². The topological polar surface area (TPSA) is 29.3 Å². The largest absolute Gasteiger partial charge is 0.374 e. The summed E-state index contributed by atoms with van der Waals surface area (Å²) in [6, 6.07) is 14.8. The molecule has 0 amide bonds. The van der Waals surface area contributed by atoms with Gasteiger partial charge in [-0.2, -0.15) is 0 Å². The minimum Gasteiger partial charge on any atom is -0.374 e. The van der Waals surface area contributed by atoms with Gasteiger partial charge < -0.3 is 10.6 Å². The van der Waals surface area contributed by atoms with Crippen molar-refractivity contribution < 1.29 is 4.39 Å². The van der Waals surface area contributed by atoms with Gasteiger partial charge in [0.1, 0.15) is 5.82 Å². The Morgan fingerprint density at radius 1 is 1.14 bits per heavy atom. The molecule has 2 rings (SSSR count). The molecule has 3 heteroatoms. The van der Waals surface area contributed by atoms with Gasteiger partial charge in [-0.05, 0) is 36.6 Å². The standard InChI is InChI=1S/C18H23FN2/c1-13-7-6-8-15(11-13)21(3)12-14(2)18(20)16-9-4-5-10-17(16)19/h4-11,14,18H,12,20H2,1-3H3. The number of halogens is 1. The van der Waals surface area contributed by atoms with Crippen LogP contribution in [0.2, 0.25) is 0 Å². The third-order valence-corrected chi connectivity index (χ3v) is 3.88. The Labute approximate surface area is 126 Å². The molecule has 21 heavy (non-hydrogen) atoms. The fourth-order valence-corrected chi connectivity index (χ4v) is 2.57. The molecule has 0 aliphatic rings. The van der Waals surface area contributed by atoms with Crippen molar-refractivity contribution in [2.45, 2.75) is 19.9 Å². The molecule has 112 valence electrons. The monoisotopic (exact) mass is 286 g/mol. The van der Waals surface area contributed by atoms with Crippen LogP contribution in [0.1, 0.15) is 24.1 Å². The van der Waals surface area contributed by atoms with Crippen LogP contribution in [0.25, 0.3) is 0 Å². The molecule has 0 radical (unpaired) electrons. The Morgan fingerprint density at radius 2 is 1.86 bits per heavy atom. The second-order valence-corrected chi connectivity index (χ2v) is 5.74. The molecule has 2 atom stereocenters. The molecular weight excluding hydrogens is 263 g/mol. The highest BCUT2D eigenvalue weighted by Crippen LogP contribution is 2.24. The fourth-order valence-electron chi connectivity index (χ4n) is 2.57. The predicted molar refractivity (Wildman–Crippen MR) is 86.9 cm³/mol. The smallest absolute Gasteiger partial charge is 0.127 e. The Kier molecular flexibility index (Phi) is 4.97. The number of aryl methyl sites for hydroxylation is 1. The maximum Gasteiger partial charge on any atom is 0.127 e. The summed E-state index contributed by atoms with van der Waals surface area (Å²) >= 11 is 0. The summed E-state index contributed by atoms with van der Waals surface area (Å²) in [5.41, 5.74) is 9.20. The molecular formula is C18H23FN2. The molecule has 0 saturated heterocycles. The van der Waals surface area contributed by atoms with Crippen LogP contribution in [0.4, 0.5) is 10.1 Å². The normalized spacial score (nSPS) is 13.8. The van der Waals surface area contributed by atoms with Crippen LogP contribution in [0.15, 0.2) is 48.5 Å². The van der Waals surface area contributed by atoms with E-state index < -0.39 is 0 Å². The third-order valence-electron chi connectivity index (χ3n) is 3.88. The van der Waals surface area contributed by atoms with E-state index in [1.807, 2.05) is 19.2 Å². The highest BCUT2D eigenvalue weighted by Gasteiger charge is 2.19. The lowest BCUT2D eigenvalue weighted by atomic mass is 9.94. The van der Waals surface area contributed by atoms with Gasteiger partial charge in [0.25, 0.3) is 0 Å². The maximum absolute atomic E-state index is 13.8. The van der Waals surface area contributed by atoms with Crippen molar-refractivity contribution in [1.29, 1.82) is 0 Å². The number of rotatable bonds is 5. The van der Waals surface area contributed by atoms with Gasteiger partial charge in [-0.15, -0.1) is 0 Å². The third kappa shape index (κ3) is 3.82. The Hall–Kier alpha value is -1.87. The second kappa shape index (κ2) is 6.72. The summed E-state index contributed by atoms with van der Waals surface area (Å²) in [7, 11) is 2.04. The average Bonchev–Trinajstić information content (AvgIpc) is 2.47. The van der Waals surface area contributed by atoms with E-state index in [9.17, 15) is 4.39 Å². The highest BCUT2D eigenvalue weighted by molar-refractivity contribution is 5.47. The second-order valence-electron chi connectivity index (χ2n) is 5.74. The number of nitrogens with two attached hydrogens (primary N) is 1.